The van der Waals surface area contributed by atoms with E-state index < -0.39 is 0 Å². The van der Waals surface area contributed by atoms with Crippen LogP contribution in [-0.4, -0.2) is 16.7 Å². The molecule has 0 unspecified atom stereocenters. The maximum Gasteiger partial charge on any atom is 0.133 e. The number of hydrogen-bond acceptors (Lipinski definition) is 4. The number of aryl methyl sites for hydroxylation is 1. The van der Waals surface area contributed by atoms with Gasteiger partial charge in [0.15, 0.2) is 0 Å². The van der Waals surface area contributed by atoms with Gasteiger partial charge in [0.1, 0.15) is 5.01 Å². The molecule has 0 aliphatic rings. The van der Waals surface area contributed by atoms with Gasteiger partial charge in [-0.3, -0.25) is 0 Å². The number of nitrogens with zero attached hydrogens (tertiary/aromatic N) is 1. The van der Waals surface area contributed by atoms with Crippen LogP contribution >= 0.6 is 38.6 Å². The largest absolute Gasteiger partial charge is 0.396 e. The van der Waals surface area contributed by atoms with E-state index in [4.69, 9.17) is 5.11 Å². The molecule has 2 aromatic rings. The molecule has 15 heavy (non-hydrogen) atoms. The van der Waals surface area contributed by atoms with Crippen LogP contribution in [0.5, 0.6) is 0 Å². The third-order valence-electron chi connectivity index (χ3n) is 2.02. The lowest BCUT2D eigenvalue weighted by Crippen LogP contribution is -1.88. The summed E-state index contributed by atoms with van der Waals surface area (Å²) in [4.78, 5) is 6.87. The smallest absolute Gasteiger partial charge is 0.133 e. The second-order valence-corrected chi connectivity index (χ2v) is 6.65. The van der Waals surface area contributed by atoms with E-state index in [-0.39, 0.29) is 6.61 Å². The van der Waals surface area contributed by atoms with E-state index in [1.54, 1.807) is 22.7 Å². The highest BCUT2D eigenvalue weighted by atomic mass is 79.9. The Morgan fingerprint density at radius 1 is 1.40 bits per heavy atom. The summed E-state index contributed by atoms with van der Waals surface area (Å²) in [6.07, 6.45) is 0.704. The molecule has 80 valence electrons. The van der Waals surface area contributed by atoms with Crippen molar-refractivity contribution in [3.63, 3.8) is 0 Å². The van der Waals surface area contributed by atoms with Crippen LogP contribution in [0.3, 0.4) is 0 Å². The van der Waals surface area contributed by atoms with Gasteiger partial charge < -0.3 is 5.11 Å². The first kappa shape index (κ1) is 11.3. The number of hydrogen-bond donors (Lipinski definition) is 1. The molecule has 0 fully saturated rings. The molecule has 2 aromatic heterocycles. The van der Waals surface area contributed by atoms with E-state index in [1.165, 1.54) is 9.75 Å². The van der Waals surface area contributed by atoms with Crippen molar-refractivity contribution in [1.29, 1.82) is 0 Å². The van der Waals surface area contributed by atoms with Gasteiger partial charge in [-0.2, -0.15) is 0 Å². The number of thiophene rings is 1. The lowest BCUT2D eigenvalue weighted by molar-refractivity contribution is 0.300. The molecule has 0 amide bonds. The fourth-order valence-corrected chi connectivity index (χ4v) is 3.79. The van der Waals surface area contributed by atoms with Crippen LogP contribution in [0.15, 0.2) is 15.9 Å². The van der Waals surface area contributed by atoms with Crippen molar-refractivity contribution < 1.29 is 5.11 Å². The van der Waals surface area contributed by atoms with Crippen molar-refractivity contribution in [3.05, 3.63) is 26.5 Å². The van der Waals surface area contributed by atoms with Gasteiger partial charge >= 0.3 is 0 Å². The Morgan fingerprint density at radius 3 is 2.80 bits per heavy atom. The summed E-state index contributed by atoms with van der Waals surface area (Å²) < 4.78 is 1.12. The van der Waals surface area contributed by atoms with Crippen LogP contribution in [0.1, 0.15) is 10.6 Å². The van der Waals surface area contributed by atoms with Gasteiger partial charge in [0.05, 0.1) is 14.4 Å². The van der Waals surface area contributed by atoms with Gasteiger partial charge in [-0.05, 0) is 35.0 Å². The van der Waals surface area contributed by atoms with Gasteiger partial charge in [0.2, 0.25) is 0 Å². The zero-order valence-corrected chi connectivity index (χ0v) is 11.4. The fraction of sp³-hybridized carbons (Fsp3) is 0.300. The van der Waals surface area contributed by atoms with Crippen molar-refractivity contribution in [1.82, 2.24) is 4.98 Å². The Kier molecular flexibility index (Phi) is 3.56. The predicted octanol–water partition coefficient (Wildman–Crippen LogP) is 3.48. The molecule has 2 rings (SSSR count). The lowest BCUT2D eigenvalue weighted by Gasteiger charge is -1.90. The minimum atomic E-state index is 0.191. The third kappa shape index (κ3) is 2.47. The summed E-state index contributed by atoms with van der Waals surface area (Å²) >= 11 is 6.79. The Labute approximate surface area is 105 Å². The van der Waals surface area contributed by atoms with Gasteiger partial charge in [0.25, 0.3) is 0 Å². The SMILES string of the molecule is Cc1nc(-c2ccc(Br)s2)sc1CCO. The van der Waals surface area contributed by atoms with Crippen molar-refractivity contribution >= 4 is 38.6 Å². The second kappa shape index (κ2) is 4.74. The fourth-order valence-electron chi connectivity index (χ4n) is 1.30. The highest BCUT2D eigenvalue weighted by Crippen LogP contribution is 2.35. The Balaban J connectivity index is 2.33. The van der Waals surface area contributed by atoms with E-state index in [9.17, 15) is 0 Å². The Bertz CT molecular complexity index is 464. The molecule has 1 N–H and O–H groups in total. The molecule has 0 aliphatic carbocycles. The van der Waals surface area contributed by atoms with Crippen LogP contribution in [0.4, 0.5) is 0 Å². The summed E-state index contributed by atoms with van der Waals surface area (Å²) in [6.45, 7) is 2.18. The zero-order valence-electron chi connectivity index (χ0n) is 8.16. The molecule has 0 bridgehead atoms. The van der Waals surface area contributed by atoms with Crippen LogP contribution in [0, 0.1) is 6.92 Å². The molecule has 0 saturated carbocycles. The van der Waals surface area contributed by atoms with Crippen LogP contribution in [0.25, 0.3) is 9.88 Å². The number of aliphatic hydroxyl groups excluding tert-OH is 1. The maximum absolute atomic E-state index is 8.90. The molecular weight excluding hydrogens is 294 g/mol. The minimum absolute atomic E-state index is 0.191. The first-order valence-electron chi connectivity index (χ1n) is 4.53. The van der Waals surface area contributed by atoms with Crippen molar-refractivity contribution in [2.75, 3.05) is 6.61 Å². The first-order valence-corrected chi connectivity index (χ1v) is 6.96. The molecule has 5 heteroatoms. The quantitative estimate of drug-likeness (QED) is 0.942. The van der Waals surface area contributed by atoms with Crippen LogP contribution < -0.4 is 0 Å². The van der Waals surface area contributed by atoms with Crippen molar-refractivity contribution in [2.45, 2.75) is 13.3 Å². The monoisotopic (exact) mass is 303 g/mol. The average molecular weight is 304 g/mol. The molecule has 2 nitrogen and oxygen atoms in total. The summed E-state index contributed by atoms with van der Waals surface area (Å²) in [5, 5.41) is 9.95. The second-order valence-electron chi connectivity index (χ2n) is 3.10. The van der Waals surface area contributed by atoms with E-state index >= 15 is 0 Å². The van der Waals surface area contributed by atoms with E-state index in [2.05, 4.69) is 27.0 Å². The van der Waals surface area contributed by atoms with Gasteiger partial charge in [-0.25, -0.2) is 4.98 Å². The molecule has 2 heterocycles. The topological polar surface area (TPSA) is 33.1 Å². The van der Waals surface area contributed by atoms with Crippen molar-refractivity contribution in [2.24, 2.45) is 0 Å². The van der Waals surface area contributed by atoms with Crippen molar-refractivity contribution in [3.8, 4) is 9.88 Å². The first-order chi connectivity index (χ1) is 7.20. The lowest BCUT2D eigenvalue weighted by atomic mass is 10.3. The molecule has 0 radical (unpaired) electrons. The molecule has 0 spiro atoms. The van der Waals surface area contributed by atoms with E-state index in [1.807, 2.05) is 13.0 Å². The molecule has 0 saturated heterocycles. The third-order valence-corrected chi connectivity index (χ3v) is 5.03. The standard InChI is InChI=1S/C10H10BrNOS2/c1-6-7(4-5-13)15-10(12-6)8-2-3-9(11)14-8/h2-3,13H,4-5H2,1H3. The minimum Gasteiger partial charge on any atom is -0.396 e. The van der Waals surface area contributed by atoms with Crippen LogP contribution in [-0.2, 0) is 6.42 Å². The van der Waals surface area contributed by atoms with Gasteiger partial charge in [-0.15, -0.1) is 22.7 Å². The highest BCUT2D eigenvalue weighted by molar-refractivity contribution is 9.11. The van der Waals surface area contributed by atoms with Gasteiger partial charge in [-0.1, -0.05) is 0 Å². The van der Waals surface area contributed by atoms with E-state index in [0.717, 1.165) is 14.5 Å². The Morgan fingerprint density at radius 2 is 2.20 bits per heavy atom. The number of rotatable bonds is 3. The summed E-state index contributed by atoms with van der Waals surface area (Å²) in [5.74, 6) is 0. The normalized spacial score (nSPS) is 10.9. The maximum atomic E-state index is 8.90. The van der Waals surface area contributed by atoms with E-state index in [0.29, 0.717) is 6.42 Å². The molecular formula is C10H10BrNOS2. The summed E-state index contributed by atoms with van der Waals surface area (Å²) in [7, 11) is 0. The molecule has 0 aromatic carbocycles. The Hall–Kier alpha value is -0.230. The number of halogens is 1. The molecule has 0 aliphatic heterocycles. The highest BCUT2D eigenvalue weighted by Gasteiger charge is 2.10. The predicted molar refractivity (Wildman–Crippen MR) is 68.7 cm³/mol. The van der Waals surface area contributed by atoms with Crippen LogP contribution in [0.2, 0.25) is 0 Å². The zero-order chi connectivity index (χ0) is 10.8. The molecule has 0 atom stereocenters. The number of thiazole rings is 1. The van der Waals surface area contributed by atoms with Gasteiger partial charge in [0, 0.05) is 17.9 Å². The number of aromatic nitrogens is 1. The summed E-state index contributed by atoms with van der Waals surface area (Å²) in [6, 6.07) is 4.10. The summed E-state index contributed by atoms with van der Waals surface area (Å²) in [5.41, 5.74) is 1.04. The average Bonchev–Trinajstić information content (AvgIpc) is 2.75. The number of aliphatic hydroxyl groups is 1.